The van der Waals surface area contributed by atoms with Gasteiger partial charge in [0.25, 0.3) is 0 Å². The lowest BCUT2D eigenvalue weighted by Crippen LogP contribution is -1.95. The van der Waals surface area contributed by atoms with Crippen LogP contribution in [0.5, 0.6) is 11.5 Å². The Morgan fingerprint density at radius 1 is 1.24 bits per heavy atom. The van der Waals surface area contributed by atoms with Crippen LogP contribution in [0.1, 0.15) is 30.8 Å². The molecule has 21 heavy (non-hydrogen) atoms. The maximum atomic E-state index is 9.45. The predicted molar refractivity (Wildman–Crippen MR) is 85.2 cm³/mol. The second-order valence-corrected chi connectivity index (χ2v) is 5.68. The topological polar surface area (TPSA) is 51.6 Å². The Morgan fingerprint density at radius 3 is 2.67 bits per heavy atom. The first-order chi connectivity index (χ1) is 10.2. The van der Waals surface area contributed by atoms with Crippen molar-refractivity contribution in [1.82, 2.24) is 4.98 Å². The van der Waals surface area contributed by atoms with E-state index in [2.05, 4.69) is 11.9 Å². The highest BCUT2D eigenvalue weighted by Crippen LogP contribution is 2.35. The molecule has 0 unspecified atom stereocenters. The summed E-state index contributed by atoms with van der Waals surface area (Å²) in [5, 5.41) is 10.4. The fraction of sp³-hybridized carbons (Fsp3) is 0.438. The van der Waals surface area contributed by atoms with Crippen LogP contribution in [0.4, 0.5) is 0 Å². The van der Waals surface area contributed by atoms with Crippen LogP contribution in [0.15, 0.2) is 18.2 Å². The van der Waals surface area contributed by atoms with E-state index < -0.39 is 0 Å². The number of aliphatic hydroxyl groups is 1. The third kappa shape index (κ3) is 3.54. The molecule has 0 atom stereocenters. The van der Waals surface area contributed by atoms with E-state index >= 15 is 0 Å². The van der Waals surface area contributed by atoms with Crippen molar-refractivity contribution in [2.24, 2.45) is 0 Å². The van der Waals surface area contributed by atoms with Gasteiger partial charge in [-0.1, -0.05) is 13.3 Å². The van der Waals surface area contributed by atoms with Crippen LogP contribution in [-0.2, 0) is 13.0 Å². The molecule has 4 nitrogen and oxygen atoms in total. The van der Waals surface area contributed by atoms with Crippen molar-refractivity contribution in [2.75, 3.05) is 13.7 Å². The van der Waals surface area contributed by atoms with Crippen molar-refractivity contribution < 1.29 is 14.6 Å². The summed E-state index contributed by atoms with van der Waals surface area (Å²) in [7, 11) is 1.63. The van der Waals surface area contributed by atoms with E-state index in [9.17, 15) is 5.11 Å². The number of nitrogens with zero attached hydrogens (tertiary/aromatic N) is 1. The van der Waals surface area contributed by atoms with Gasteiger partial charge in [-0.3, -0.25) is 0 Å². The third-order valence-corrected chi connectivity index (χ3v) is 4.25. The molecule has 0 aliphatic heterocycles. The average Bonchev–Trinajstić information content (AvgIpc) is 2.91. The normalized spacial score (nSPS) is 10.7. The molecule has 0 saturated heterocycles. The number of benzene rings is 1. The Kier molecular flexibility index (Phi) is 5.59. The Hall–Kier alpha value is -1.59. The fourth-order valence-corrected chi connectivity index (χ4v) is 3.10. The number of rotatable bonds is 7. The van der Waals surface area contributed by atoms with Crippen LogP contribution < -0.4 is 9.47 Å². The lowest BCUT2D eigenvalue weighted by Gasteiger charge is -2.10. The van der Waals surface area contributed by atoms with Gasteiger partial charge in [0.2, 0.25) is 0 Å². The van der Waals surface area contributed by atoms with Gasteiger partial charge in [0.1, 0.15) is 5.01 Å². The van der Waals surface area contributed by atoms with Gasteiger partial charge in [0.05, 0.1) is 30.9 Å². The summed E-state index contributed by atoms with van der Waals surface area (Å²) in [4.78, 5) is 5.60. The molecule has 0 amide bonds. The lowest BCUT2D eigenvalue weighted by atomic mass is 10.2. The van der Waals surface area contributed by atoms with E-state index in [-0.39, 0.29) is 6.61 Å². The van der Waals surface area contributed by atoms with E-state index in [0.29, 0.717) is 12.4 Å². The Morgan fingerprint density at radius 2 is 2.05 bits per heavy atom. The van der Waals surface area contributed by atoms with E-state index in [4.69, 9.17) is 9.47 Å². The Balaban J connectivity index is 2.39. The minimum absolute atomic E-state index is 0.0431. The maximum Gasteiger partial charge on any atom is 0.161 e. The summed E-state index contributed by atoms with van der Waals surface area (Å²) < 4.78 is 10.9. The molecular weight excluding hydrogens is 286 g/mol. The van der Waals surface area contributed by atoms with E-state index in [0.717, 1.165) is 39.7 Å². The molecule has 0 aliphatic carbocycles. The summed E-state index contributed by atoms with van der Waals surface area (Å²) in [5.74, 6) is 1.43. The van der Waals surface area contributed by atoms with Crippen LogP contribution in [-0.4, -0.2) is 23.8 Å². The van der Waals surface area contributed by atoms with Crippen LogP contribution in [0.2, 0.25) is 0 Å². The summed E-state index contributed by atoms with van der Waals surface area (Å²) in [5.41, 5.74) is 1.98. The molecule has 0 fully saturated rings. The summed E-state index contributed by atoms with van der Waals surface area (Å²) in [6.07, 6.45) is 1.91. The van der Waals surface area contributed by atoms with Crippen molar-refractivity contribution in [3.05, 3.63) is 28.8 Å². The highest BCUT2D eigenvalue weighted by Gasteiger charge is 2.13. The van der Waals surface area contributed by atoms with Crippen LogP contribution >= 0.6 is 11.3 Å². The number of aryl methyl sites for hydroxylation is 1. The fourth-order valence-electron chi connectivity index (χ4n) is 2.14. The number of ether oxygens (including phenoxy) is 2. The van der Waals surface area contributed by atoms with Crippen molar-refractivity contribution >= 4 is 11.3 Å². The summed E-state index contributed by atoms with van der Waals surface area (Å²) in [6.45, 7) is 4.68. The Labute approximate surface area is 129 Å². The van der Waals surface area contributed by atoms with E-state index in [1.807, 2.05) is 25.1 Å². The number of methoxy groups -OCH3 is 1. The first-order valence-corrected chi connectivity index (χ1v) is 7.95. The van der Waals surface area contributed by atoms with Crippen molar-refractivity contribution in [2.45, 2.75) is 33.3 Å². The zero-order valence-corrected chi connectivity index (χ0v) is 13.5. The number of hydrogen-bond donors (Lipinski definition) is 1. The highest BCUT2D eigenvalue weighted by atomic mass is 32.1. The number of aromatic nitrogens is 1. The van der Waals surface area contributed by atoms with Gasteiger partial charge in [0, 0.05) is 5.56 Å². The smallest absolute Gasteiger partial charge is 0.161 e. The first kappa shape index (κ1) is 15.8. The molecule has 2 rings (SSSR count). The molecule has 1 aromatic carbocycles. The van der Waals surface area contributed by atoms with Crippen molar-refractivity contribution in [3.8, 4) is 22.1 Å². The van der Waals surface area contributed by atoms with E-state index in [1.54, 1.807) is 7.11 Å². The molecular formula is C16H21NO3S. The molecule has 0 radical (unpaired) electrons. The molecule has 2 aromatic rings. The molecule has 5 heteroatoms. The molecule has 1 aromatic heterocycles. The summed E-state index contributed by atoms with van der Waals surface area (Å²) >= 11 is 1.54. The van der Waals surface area contributed by atoms with Crippen molar-refractivity contribution in [3.63, 3.8) is 0 Å². The van der Waals surface area contributed by atoms with Crippen LogP contribution in [0, 0.1) is 0 Å². The highest BCUT2D eigenvalue weighted by molar-refractivity contribution is 7.15. The van der Waals surface area contributed by atoms with Gasteiger partial charge in [0.15, 0.2) is 11.5 Å². The first-order valence-electron chi connectivity index (χ1n) is 7.14. The molecule has 0 spiro atoms. The van der Waals surface area contributed by atoms with E-state index in [1.165, 1.54) is 11.3 Å². The second kappa shape index (κ2) is 7.43. The largest absolute Gasteiger partial charge is 0.493 e. The van der Waals surface area contributed by atoms with Crippen molar-refractivity contribution in [1.29, 1.82) is 0 Å². The summed E-state index contributed by atoms with van der Waals surface area (Å²) in [6, 6.07) is 5.80. The number of thiazole rings is 1. The molecule has 1 heterocycles. The predicted octanol–water partition coefficient (Wildman–Crippen LogP) is 3.66. The lowest BCUT2D eigenvalue weighted by molar-refractivity contribution is 0.284. The van der Waals surface area contributed by atoms with Gasteiger partial charge in [-0.15, -0.1) is 11.3 Å². The second-order valence-electron chi connectivity index (χ2n) is 4.60. The average molecular weight is 307 g/mol. The van der Waals surface area contributed by atoms with Gasteiger partial charge in [-0.2, -0.15) is 0 Å². The van der Waals surface area contributed by atoms with Crippen LogP contribution in [0.3, 0.4) is 0 Å². The standard InChI is InChI=1S/C16H21NO3S/c1-4-6-12-15(10-18)21-16(17-12)11-7-8-13(19-3)14(9-11)20-5-2/h7-9,18H,4-6,10H2,1-3H3. The monoisotopic (exact) mass is 307 g/mol. The van der Waals surface area contributed by atoms with Gasteiger partial charge < -0.3 is 14.6 Å². The molecule has 114 valence electrons. The molecule has 0 aliphatic rings. The minimum atomic E-state index is 0.0431. The molecule has 1 N–H and O–H groups in total. The molecule has 0 saturated carbocycles. The quantitative estimate of drug-likeness (QED) is 0.848. The minimum Gasteiger partial charge on any atom is -0.493 e. The van der Waals surface area contributed by atoms with Gasteiger partial charge in [-0.05, 0) is 31.5 Å². The number of hydrogen-bond acceptors (Lipinski definition) is 5. The molecule has 0 bridgehead atoms. The van der Waals surface area contributed by atoms with Crippen LogP contribution in [0.25, 0.3) is 10.6 Å². The maximum absolute atomic E-state index is 9.45. The SMILES string of the molecule is CCCc1nc(-c2ccc(OC)c(OCC)c2)sc1CO. The Bertz CT molecular complexity index is 595. The number of aliphatic hydroxyl groups excluding tert-OH is 1. The third-order valence-electron chi connectivity index (χ3n) is 3.12. The van der Waals surface area contributed by atoms with Gasteiger partial charge in [-0.25, -0.2) is 4.98 Å². The zero-order valence-electron chi connectivity index (χ0n) is 12.7. The van der Waals surface area contributed by atoms with Gasteiger partial charge >= 0.3 is 0 Å². The zero-order chi connectivity index (χ0) is 15.2.